The summed E-state index contributed by atoms with van der Waals surface area (Å²) in [6, 6.07) is 6.13. The van der Waals surface area contributed by atoms with Crippen LogP contribution >= 0.6 is 15.9 Å². The van der Waals surface area contributed by atoms with Crippen LogP contribution in [0.2, 0.25) is 0 Å². The largest absolute Gasteiger partial charge is 0.463 e. The van der Waals surface area contributed by atoms with E-state index in [9.17, 15) is 0 Å². The third kappa shape index (κ3) is 1.06. The molecule has 0 radical (unpaired) electrons. The van der Waals surface area contributed by atoms with Crippen LogP contribution in [-0.2, 0) is 5.54 Å². The Bertz CT molecular complexity index is 499. The minimum Gasteiger partial charge on any atom is -0.463 e. The molecule has 1 heterocycles. The summed E-state index contributed by atoms with van der Waals surface area (Å²) in [5.41, 5.74) is 8.11. The van der Waals surface area contributed by atoms with Gasteiger partial charge in [0.05, 0.1) is 4.47 Å². The Morgan fingerprint density at radius 2 is 2.14 bits per heavy atom. The van der Waals surface area contributed by atoms with E-state index in [1.54, 1.807) is 6.26 Å². The van der Waals surface area contributed by atoms with Gasteiger partial charge in [-0.25, -0.2) is 0 Å². The van der Waals surface area contributed by atoms with E-state index in [4.69, 9.17) is 10.2 Å². The van der Waals surface area contributed by atoms with Crippen molar-refractivity contribution in [2.75, 3.05) is 0 Å². The summed E-state index contributed by atoms with van der Waals surface area (Å²) < 4.78 is 6.52. The minimum absolute atomic E-state index is 0.128. The normalized spacial score (nSPS) is 18.7. The monoisotopic (exact) mass is 251 g/mol. The first-order valence-electron chi connectivity index (χ1n) is 4.66. The van der Waals surface area contributed by atoms with Crippen LogP contribution in [-0.4, -0.2) is 0 Å². The highest BCUT2D eigenvalue weighted by molar-refractivity contribution is 9.10. The van der Waals surface area contributed by atoms with E-state index in [0.29, 0.717) is 0 Å². The number of rotatable bonds is 1. The summed E-state index contributed by atoms with van der Waals surface area (Å²) in [5.74, 6) is 0. The van der Waals surface area contributed by atoms with E-state index in [1.165, 1.54) is 0 Å². The second kappa shape index (κ2) is 2.61. The van der Waals surface area contributed by atoms with Gasteiger partial charge in [0.25, 0.3) is 0 Å². The predicted octanol–water partition coefficient (Wildman–Crippen LogP) is 3.14. The maximum atomic E-state index is 6.17. The van der Waals surface area contributed by atoms with Gasteiger partial charge >= 0.3 is 0 Å². The summed E-state index contributed by atoms with van der Waals surface area (Å²) in [7, 11) is 0. The Morgan fingerprint density at radius 1 is 1.36 bits per heavy atom. The summed E-state index contributed by atoms with van der Waals surface area (Å²) in [4.78, 5) is 0. The molecule has 3 rings (SSSR count). The maximum absolute atomic E-state index is 6.17. The number of fused-ring (bicyclic) bond motifs is 1. The SMILES string of the molecule is NC1(c2cccc3c(Br)coc23)CC1. The summed E-state index contributed by atoms with van der Waals surface area (Å²) in [6.07, 6.45) is 3.84. The van der Waals surface area contributed by atoms with E-state index in [1.807, 2.05) is 12.1 Å². The van der Waals surface area contributed by atoms with Gasteiger partial charge < -0.3 is 10.2 Å². The Kier molecular flexibility index (Phi) is 1.59. The van der Waals surface area contributed by atoms with Gasteiger partial charge in [0, 0.05) is 16.5 Å². The Labute approximate surface area is 90.2 Å². The van der Waals surface area contributed by atoms with Gasteiger partial charge in [-0.05, 0) is 34.8 Å². The molecule has 2 aromatic rings. The van der Waals surface area contributed by atoms with Crippen LogP contribution in [0.15, 0.2) is 33.4 Å². The highest BCUT2D eigenvalue weighted by Crippen LogP contribution is 2.46. The Balaban J connectivity index is 2.34. The lowest BCUT2D eigenvalue weighted by Crippen LogP contribution is -2.18. The molecule has 14 heavy (non-hydrogen) atoms. The number of para-hydroxylation sites is 1. The van der Waals surface area contributed by atoms with Crippen LogP contribution in [0, 0.1) is 0 Å². The van der Waals surface area contributed by atoms with Gasteiger partial charge in [-0.15, -0.1) is 0 Å². The van der Waals surface area contributed by atoms with Crippen molar-refractivity contribution in [2.24, 2.45) is 5.73 Å². The molecule has 0 unspecified atom stereocenters. The molecule has 1 fully saturated rings. The quantitative estimate of drug-likeness (QED) is 0.846. The zero-order valence-electron chi connectivity index (χ0n) is 7.59. The summed E-state index contributed by atoms with van der Waals surface area (Å²) in [5, 5.41) is 1.11. The first-order chi connectivity index (χ1) is 6.71. The molecule has 0 aliphatic heterocycles. The van der Waals surface area contributed by atoms with Crippen molar-refractivity contribution in [1.29, 1.82) is 0 Å². The van der Waals surface area contributed by atoms with E-state index < -0.39 is 0 Å². The van der Waals surface area contributed by atoms with Crippen LogP contribution in [0.4, 0.5) is 0 Å². The van der Waals surface area contributed by atoms with Gasteiger partial charge in [-0.2, -0.15) is 0 Å². The molecule has 1 aromatic heterocycles. The van der Waals surface area contributed by atoms with Crippen LogP contribution in [0.1, 0.15) is 18.4 Å². The van der Waals surface area contributed by atoms with E-state index in [2.05, 4.69) is 22.0 Å². The second-order valence-corrected chi connectivity index (χ2v) is 4.78. The zero-order valence-corrected chi connectivity index (χ0v) is 9.17. The molecule has 3 heteroatoms. The topological polar surface area (TPSA) is 39.2 Å². The summed E-state index contributed by atoms with van der Waals surface area (Å²) in [6.45, 7) is 0. The van der Waals surface area contributed by atoms with Crippen molar-refractivity contribution >= 4 is 26.9 Å². The number of furan rings is 1. The molecule has 72 valence electrons. The van der Waals surface area contributed by atoms with Crippen molar-refractivity contribution in [3.8, 4) is 0 Å². The van der Waals surface area contributed by atoms with Crippen molar-refractivity contribution in [3.05, 3.63) is 34.5 Å². The molecule has 1 aromatic carbocycles. The number of hydrogen-bond acceptors (Lipinski definition) is 2. The lowest BCUT2D eigenvalue weighted by molar-refractivity contribution is 0.598. The average Bonchev–Trinajstić information content (AvgIpc) is 2.83. The number of nitrogens with two attached hydrogens (primary N) is 1. The van der Waals surface area contributed by atoms with E-state index in [-0.39, 0.29) is 5.54 Å². The Morgan fingerprint density at radius 3 is 2.86 bits per heavy atom. The van der Waals surface area contributed by atoms with E-state index >= 15 is 0 Å². The summed E-state index contributed by atoms with van der Waals surface area (Å²) >= 11 is 3.45. The highest BCUT2D eigenvalue weighted by Gasteiger charge is 2.42. The van der Waals surface area contributed by atoms with Gasteiger partial charge in [0.15, 0.2) is 0 Å². The third-order valence-corrected chi connectivity index (χ3v) is 3.49. The number of hydrogen-bond donors (Lipinski definition) is 1. The van der Waals surface area contributed by atoms with Crippen LogP contribution in [0.5, 0.6) is 0 Å². The lowest BCUT2D eigenvalue weighted by atomic mass is 10.0. The molecule has 0 bridgehead atoms. The number of halogens is 1. The van der Waals surface area contributed by atoms with Gasteiger partial charge in [0.2, 0.25) is 0 Å². The zero-order chi connectivity index (χ0) is 9.76. The van der Waals surface area contributed by atoms with Crippen LogP contribution in [0.3, 0.4) is 0 Å². The molecular formula is C11H10BrNO. The highest BCUT2D eigenvalue weighted by atomic mass is 79.9. The van der Waals surface area contributed by atoms with Gasteiger partial charge in [-0.3, -0.25) is 0 Å². The fourth-order valence-corrected chi connectivity index (χ4v) is 2.23. The van der Waals surface area contributed by atoms with Crippen molar-refractivity contribution in [2.45, 2.75) is 18.4 Å². The standard InChI is InChI=1S/C11H10BrNO/c12-9-6-14-10-7(9)2-1-3-8(10)11(13)4-5-11/h1-3,6H,4-5,13H2. The molecule has 0 spiro atoms. The maximum Gasteiger partial charge on any atom is 0.140 e. The first-order valence-corrected chi connectivity index (χ1v) is 5.45. The van der Waals surface area contributed by atoms with Crippen LogP contribution in [0.25, 0.3) is 11.0 Å². The molecule has 0 saturated heterocycles. The van der Waals surface area contributed by atoms with Crippen molar-refractivity contribution in [1.82, 2.24) is 0 Å². The molecule has 1 aliphatic carbocycles. The third-order valence-electron chi connectivity index (χ3n) is 2.88. The second-order valence-electron chi connectivity index (χ2n) is 3.92. The molecule has 2 N–H and O–H groups in total. The van der Waals surface area contributed by atoms with Gasteiger partial charge in [-0.1, -0.05) is 12.1 Å². The van der Waals surface area contributed by atoms with E-state index in [0.717, 1.165) is 33.8 Å². The molecule has 1 saturated carbocycles. The molecule has 0 atom stereocenters. The predicted molar refractivity (Wildman–Crippen MR) is 59.0 cm³/mol. The number of benzene rings is 1. The molecular weight excluding hydrogens is 242 g/mol. The average molecular weight is 252 g/mol. The fourth-order valence-electron chi connectivity index (χ4n) is 1.82. The first kappa shape index (κ1) is 8.50. The molecule has 2 nitrogen and oxygen atoms in total. The van der Waals surface area contributed by atoms with Gasteiger partial charge in [0.1, 0.15) is 11.8 Å². The Hall–Kier alpha value is -0.800. The lowest BCUT2D eigenvalue weighted by Gasteiger charge is -2.08. The molecule has 1 aliphatic rings. The van der Waals surface area contributed by atoms with Crippen molar-refractivity contribution < 1.29 is 4.42 Å². The van der Waals surface area contributed by atoms with Crippen molar-refractivity contribution in [3.63, 3.8) is 0 Å². The fraction of sp³-hybridized carbons (Fsp3) is 0.273. The van der Waals surface area contributed by atoms with Crippen LogP contribution < -0.4 is 5.73 Å². The molecule has 0 amide bonds. The minimum atomic E-state index is -0.128. The smallest absolute Gasteiger partial charge is 0.140 e.